The van der Waals surface area contributed by atoms with Gasteiger partial charge in [0.1, 0.15) is 6.04 Å². The van der Waals surface area contributed by atoms with Crippen LogP contribution in [-0.4, -0.2) is 61.7 Å². The highest BCUT2D eigenvalue weighted by Crippen LogP contribution is 2.27. The lowest BCUT2D eigenvalue weighted by Gasteiger charge is -2.24. The minimum absolute atomic E-state index is 0.177. The molecule has 1 atom stereocenters. The van der Waals surface area contributed by atoms with E-state index < -0.39 is 23.8 Å². The van der Waals surface area contributed by atoms with Gasteiger partial charge in [-0.2, -0.15) is 5.21 Å². The molecule has 3 rings (SSSR count). The van der Waals surface area contributed by atoms with Gasteiger partial charge in [-0.25, -0.2) is 4.79 Å². The van der Waals surface area contributed by atoms with E-state index in [1.165, 1.54) is 11.8 Å². The van der Waals surface area contributed by atoms with Gasteiger partial charge < -0.3 is 4.74 Å². The molecule has 0 spiro atoms. The molecular weight excluding hydrogens is 358 g/mol. The number of hydrogen-bond acceptors (Lipinski definition) is 8. The third kappa shape index (κ3) is 3.59. The first kappa shape index (κ1) is 18.1. The molecule has 0 saturated heterocycles. The largest absolute Gasteiger partial charge is 0.464 e. The van der Waals surface area contributed by atoms with Crippen LogP contribution in [0, 0.1) is 0 Å². The van der Waals surface area contributed by atoms with Gasteiger partial charge in [0.2, 0.25) is 5.16 Å². The summed E-state index contributed by atoms with van der Waals surface area (Å²) in [5.41, 5.74) is 0.626. The molecule has 1 aliphatic heterocycles. The van der Waals surface area contributed by atoms with Crippen molar-refractivity contribution in [1.29, 1.82) is 0 Å². The highest BCUT2D eigenvalue weighted by atomic mass is 32.2. The number of aromatic nitrogens is 4. The van der Waals surface area contributed by atoms with Gasteiger partial charge in [0.15, 0.2) is 0 Å². The molecule has 0 aliphatic carbocycles. The second-order valence-electron chi connectivity index (χ2n) is 5.48. The van der Waals surface area contributed by atoms with Gasteiger partial charge in [0, 0.05) is 5.75 Å². The van der Waals surface area contributed by atoms with Crippen molar-refractivity contribution in [3.63, 3.8) is 0 Å². The molecule has 0 unspecified atom stereocenters. The van der Waals surface area contributed by atoms with Crippen LogP contribution in [0.3, 0.4) is 0 Å². The highest BCUT2D eigenvalue weighted by molar-refractivity contribution is 7.99. The predicted octanol–water partition coefficient (Wildman–Crippen LogP) is 1.30. The number of H-pyrrole nitrogens is 1. The van der Waals surface area contributed by atoms with Crippen molar-refractivity contribution < 1.29 is 19.1 Å². The number of imide groups is 1. The number of benzene rings is 1. The quantitative estimate of drug-likeness (QED) is 0.317. The molecule has 0 radical (unpaired) electrons. The van der Waals surface area contributed by atoms with Crippen molar-refractivity contribution in [1.82, 2.24) is 25.5 Å². The van der Waals surface area contributed by atoms with E-state index in [0.717, 1.165) is 4.90 Å². The molecule has 0 saturated carbocycles. The molecule has 1 aromatic heterocycles. The fraction of sp³-hybridized carbons (Fsp3) is 0.375. The van der Waals surface area contributed by atoms with Crippen molar-refractivity contribution in [2.24, 2.45) is 0 Å². The first-order valence-electron chi connectivity index (χ1n) is 8.13. The molecule has 1 N–H and O–H groups in total. The lowest BCUT2D eigenvalue weighted by Crippen LogP contribution is -2.45. The number of nitrogens with zero attached hydrogens (tertiary/aromatic N) is 4. The lowest BCUT2D eigenvalue weighted by molar-refractivity contribution is -0.148. The second kappa shape index (κ2) is 8.09. The average molecular weight is 375 g/mol. The van der Waals surface area contributed by atoms with Crippen molar-refractivity contribution in [3.8, 4) is 0 Å². The molecule has 26 heavy (non-hydrogen) atoms. The number of hydrogen-bond donors (Lipinski definition) is 1. The minimum Gasteiger partial charge on any atom is -0.464 e. The van der Waals surface area contributed by atoms with Gasteiger partial charge in [-0.1, -0.05) is 23.9 Å². The number of esters is 1. The maximum absolute atomic E-state index is 12.6. The Balaban J connectivity index is 1.71. The van der Waals surface area contributed by atoms with E-state index in [-0.39, 0.29) is 6.61 Å². The molecule has 136 valence electrons. The number of fused-ring (bicyclic) bond motifs is 1. The Labute approximate surface area is 153 Å². The lowest BCUT2D eigenvalue weighted by atomic mass is 10.1. The van der Waals surface area contributed by atoms with Crippen LogP contribution >= 0.6 is 11.8 Å². The molecule has 10 heteroatoms. The topological polar surface area (TPSA) is 118 Å². The Morgan fingerprint density at radius 2 is 1.96 bits per heavy atom. The molecule has 2 aromatic rings. The van der Waals surface area contributed by atoms with Crippen molar-refractivity contribution in [2.75, 3.05) is 12.4 Å². The third-order valence-electron chi connectivity index (χ3n) is 3.87. The van der Waals surface area contributed by atoms with Crippen LogP contribution in [0.1, 0.15) is 40.5 Å². The summed E-state index contributed by atoms with van der Waals surface area (Å²) in [4.78, 5) is 38.7. The molecular formula is C16H17N5O4S. The minimum atomic E-state index is -0.951. The Morgan fingerprint density at radius 1 is 1.27 bits per heavy atom. The van der Waals surface area contributed by atoms with Gasteiger partial charge in [-0.3, -0.25) is 14.5 Å². The zero-order chi connectivity index (χ0) is 18.5. The van der Waals surface area contributed by atoms with Crippen LogP contribution in [0.25, 0.3) is 0 Å². The monoisotopic (exact) mass is 375 g/mol. The maximum Gasteiger partial charge on any atom is 0.329 e. The standard InChI is InChI=1S/C16H17N5O4S/c1-2-25-15(24)12(8-5-9-26-16-17-19-20-18-16)21-13(22)10-6-3-4-7-11(10)14(21)23/h3-4,6-7,12H,2,5,8-9H2,1H3,(H,17,18,19,20)/t12-/m0/s1. The summed E-state index contributed by atoms with van der Waals surface area (Å²) in [7, 11) is 0. The Bertz CT molecular complexity index is 776. The normalized spacial score (nSPS) is 14.4. The van der Waals surface area contributed by atoms with E-state index in [0.29, 0.717) is 34.9 Å². The van der Waals surface area contributed by atoms with E-state index in [1.54, 1.807) is 31.2 Å². The predicted molar refractivity (Wildman–Crippen MR) is 91.5 cm³/mol. The van der Waals surface area contributed by atoms with Gasteiger partial charge in [0.05, 0.1) is 17.7 Å². The molecule has 2 amide bonds. The Hall–Kier alpha value is -2.75. The molecule has 0 bridgehead atoms. The molecule has 9 nitrogen and oxygen atoms in total. The van der Waals surface area contributed by atoms with Crippen LogP contribution in [0.5, 0.6) is 0 Å². The van der Waals surface area contributed by atoms with E-state index >= 15 is 0 Å². The van der Waals surface area contributed by atoms with E-state index in [2.05, 4.69) is 20.6 Å². The summed E-state index contributed by atoms with van der Waals surface area (Å²) in [5, 5.41) is 14.0. The third-order valence-corrected chi connectivity index (χ3v) is 4.80. The number of rotatable bonds is 8. The number of nitrogens with one attached hydrogen (secondary N) is 1. The number of carbonyl (C=O) groups is 3. The van der Waals surface area contributed by atoms with E-state index in [9.17, 15) is 14.4 Å². The number of thioether (sulfide) groups is 1. The molecule has 2 heterocycles. The van der Waals surface area contributed by atoms with Gasteiger partial charge in [-0.15, -0.1) is 10.2 Å². The summed E-state index contributed by atoms with van der Waals surface area (Å²) >= 11 is 1.37. The number of tetrazole rings is 1. The van der Waals surface area contributed by atoms with Crippen molar-refractivity contribution >= 4 is 29.5 Å². The van der Waals surface area contributed by atoms with Crippen LogP contribution in [-0.2, 0) is 9.53 Å². The SMILES string of the molecule is CCOC(=O)[C@H](CCCSc1nn[nH]n1)N1C(=O)c2ccccc2C1=O. The van der Waals surface area contributed by atoms with Crippen LogP contribution in [0.4, 0.5) is 0 Å². The van der Waals surface area contributed by atoms with Crippen LogP contribution in [0.2, 0.25) is 0 Å². The Kier molecular flexibility index (Phi) is 5.61. The zero-order valence-corrected chi connectivity index (χ0v) is 14.9. The first-order chi connectivity index (χ1) is 12.6. The average Bonchev–Trinajstić information content (AvgIpc) is 3.24. The summed E-state index contributed by atoms with van der Waals surface area (Å²) < 4.78 is 5.08. The maximum atomic E-state index is 12.6. The van der Waals surface area contributed by atoms with Gasteiger partial charge in [-0.05, 0) is 37.1 Å². The van der Waals surface area contributed by atoms with E-state index in [1.807, 2.05) is 0 Å². The zero-order valence-electron chi connectivity index (χ0n) is 14.0. The number of amides is 2. The molecule has 1 aromatic carbocycles. The fourth-order valence-electron chi connectivity index (χ4n) is 2.74. The highest BCUT2D eigenvalue weighted by Gasteiger charge is 2.42. The molecule has 1 aliphatic rings. The molecule has 0 fully saturated rings. The first-order valence-corrected chi connectivity index (χ1v) is 9.11. The number of aromatic amines is 1. The number of ether oxygens (including phenoxy) is 1. The summed E-state index contributed by atoms with van der Waals surface area (Å²) in [6, 6.07) is 5.60. The van der Waals surface area contributed by atoms with Gasteiger partial charge >= 0.3 is 5.97 Å². The summed E-state index contributed by atoms with van der Waals surface area (Å²) in [5.74, 6) is -0.894. The van der Waals surface area contributed by atoms with Crippen molar-refractivity contribution in [3.05, 3.63) is 35.4 Å². The van der Waals surface area contributed by atoms with Gasteiger partial charge in [0.25, 0.3) is 11.8 Å². The summed E-state index contributed by atoms with van der Waals surface area (Å²) in [6.07, 6.45) is 0.866. The smallest absolute Gasteiger partial charge is 0.329 e. The summed E-state index contributed by atoms with van der Waals surface area (Å²) in [6.45, 7) is 1.86. The van der Waals surface area contributed by atoms with Crippen molar-refractivity contribution in [2.45, 2.75) is 31.0 Å². The van der Waals surface area contributed by atoms with Crippen LogP contribution < -0.4 is 0 Å². The Morgan fingerprint density at radius 3 is 2.54 bits per heavy atom. The fourth-order valence-corrected chi connectivity index (χ4v) is 3.43. The van der Waals surface area contributed by atoms with Crippen LogP contribution in [0.15, 0.2) is 29.4 Å². The number of carbonyl (C=O) groups excluding carboxylic acids is 3. The van der Waals surface area contributed by atoms with E-state index in [4.69, 9.17) is 4.74 Å². The second-order valence-corrected chi connectivity index (χ2v) is 6.54.